The van der Waals surface area contributed by atoms with Crippen LogP contribution in [0.5, 0.6) is 11.5 Å². The summed E-state index contributed by atoms with van der Waals surface area (Å²) < 4.78 is 13.1. The van der Waals surface area contributed by atoms with Crippen LogP contribution in [0.3, 0.4) is 0 Å². The fraction of sp³-hybridized carbons (Fsp3) is 0.400. The Hall–Kier alpha value is -1.53. The molecule has 0 saturated carbocycles. The van der Waals surface area contributed by atoms with Gasteiger partial charge in [-0.2, -0.15) is 5.10 Å². The van der Waals surface area contributed by atoms with Gasteiger partial charge in [-0.05, 0) is 36.6 Å². The van der Waals surface area contributed by atoms with Crippen LogP contribution in [0.2, 0.25) is 0 Å². The van der Waals surface area contributed by atoms with E-state index in [1.165, 1.54) is 0 Å². The van der Waals surface area contributed by atoms with Gasteiger partial charge >= 0.3 is 0 Å². The Bertz CT molecular complexity index is 613. The van der Waals surface area contributed by atoms with Crippen molar-refractivity contribution in [3.8, 4) is 11.5 Å². The van der Waals surface area contributed by atoms with Gasteiger partial charge in [-0.1, -0.05) is 15.9 Å². The molecule has 6 heteroatoms. The molecule has 0 radical (unpaired) electrons. The first kappa shape index (κ1) is 15.9. The third-order valence-corrected chi connectivity index (χ3v) is 4.14. The molecular weight excluding hydrogens is 336 g/mol. The predicted molar refractivity (Wildman–Crippen MR) is 83.7 cm³/mol. The molecule has 0 fully saturated rings. The number of ether oxygens (including phenoxy) is 2. The Kier molecular flexibility index (Phi) is 5.25. The second-order valence-corrected chi connectivity index (χ2v) is 5.58. The third kappa shape index (κ3) is 3.57. The van der Waals surface area contributed by atoms with E-state index in [9.17, 15) is 5.11 Å². The molecule has 21 heavy (non-hydrogen) atoms. The van der Waals surface area contributed by atoms with Crippen LogP contribution in [0.4, 0.5) is 0 Å². The molecule has 0 aliphatic carbocycles. The Morgan fingerprint density at radius 1 is 1.29 bits per heavy atom. The number of hydrogen-bond acceptors (Lipinski definition) is 4. The van der Waals surface area contributed by atoms with E-state index in [1.807, 2.05) is 23.9 Å². The standard InChI is InChI=1S/C15H19BrN2O3/c1-18-10(6-7-17-18)4-5-13(19)11-8-14(20-2)15(21-3)9-12(11)16/h6-9,13,19H,4-5H2,1-3H3. The summed E-state index contributed by atoms with van der Waals surface area (Å²) in [5, 5.41) is 14.5. The number of aliphatic hydroxyl groups is 1. The normalized spacial score (nSPS) is 12.2. The maximum Gasteiger partial charge on any atom is 0.161 e. The van der Waals surface area contributed by atoms with E-state index in [2.05, 4.69) is 21.0 Å². The van der Waals surface area contributed by atoms with Gasteiger partial charge in [-0.25, -0.2) is 0 Å². The molecule has 0 amide bonds. The highest BCUT2D eigenvalue weighted by Gasteiger charge is 2.16. The van der Waals surface area contributed by atoms with Gasteiger partial charge in [0.15, 0.2) is 11.5 Å². The summed E-state index contributed by atoms with van der Waals surface area (Å²) in [4.78, 5) is 0. The summed E-state index contributed by atoms with van der Waals surface area (Å²) in [7, 11) is 5.06. The first-order valence-corrected chi connectivity index (χ1v) is 7.42. The molecule has 1 atom stereocenters. The van der Waals surface area contributed by atoms with Crippen molar-refractivity contribution in [3.63, 3.8) is 0 Å². The Morgan fingerprint density at radius 3 is 2.52 bits per heavy atom. The largest absolute Gasteiger partial charge is 0.493 e. The Morgan fingerprint density at radius 2 is 1.95 bits per heavy atom. The van der Waals surface area contributed by atoms with E-state index in [0.717, 1.165) is 22.2 Å². The lowest BCUT2D eigenvalue weighted by Gasteiger charge is -2.16. The Labute approximate surface area is 132 Å². The zero-order chi connectivity index (χ0) is 15.4. The second kappa shape index (κ2) is 6.95. The van der Waals surface area contributed by atoms with E-state index >= 15 is 0 Å². The van der Waals surface area contributed by atoms with Gasteiger partial charge in [-0.3, -0.25) is 4.68 Å². The molecule has 2 rings (SSSR count). The average molecular weight is 355 g/mol. The van der Waals surface area contributed by atoms with Crippen molar-refractivity contribution >= 4 is 15.9 Å². The van der Waals surface area contributed by atoms with Crippen LogP contribution in [0.15, 0.2) is 28.9 Å². The number of aliphatic hydroxyl groups excluding tert-OH is 1. The van der Waals surface area contributed by atoms with Crippen molar-refractivity contribution in [1.29, 1.82) is 0 Å². The van der Waals surface area contributed by atoms with Gasteiger partial charge in [0.2, 0.25) is 0 Å². The fourth-order valence-corrected chi connectivity index (χ4v) is 2.80. The summed E-state index contributed by atoms with van der Waals surface area (Å²) in [5.41, 5.74) is 1.88. The van der Waals surface area contributed by atoms with E-state index in [0.29, 0.717) is 17.9 Å². The number of aryl methyl sites for hydroxylation is 2. The number of methoxy groups -OCH3 is 2. The number of hydrogen-bond donors (Lipinski definition) is 1. The van der Waals surface area contributed by atoms with Crippen LogP contribution in [0, 0.1) is 0 Å². The summed E-state index contributed by atoms with van der Waals surface area (Å²) in [6.07, 6.45) is 2.52. The second-order valence-electron chi connectivity index (χ2n) is 4.73. The molecule has 0 spiro atoms. The SMILES string of the molecule is COc1cc(Br)c(C(O)CCc2ccnn2C)cc1OC. The number of benzene rings is 1. The van der Waals surface area contributed by atoms with Gasteiger partial charge in [0.1, 0.15) is 0 Å². The Balaban J connectivity index is 2.15. The molecule has 1 heterocycles. The highest BCUT2D eigenvalue weighted by molar-refractivity contribution is 9.10. The van der Waals surface area contributed by atoms with Crippen LogP contribution in [0.25, 0.3) is 0 Å². The van der Waals surface area contributed by atoms with E-state index in [-0.39, 0.29) is 0 Å². The van der Waals surface area contributed by atoms with E-state index < -0.39 is 6.10 Å². The number of rotatable bonds is 6. The van der Waals surface area contributed by atoms with E-state index in [1.54, 1.807) is 26.5 Å². The maximum atomic E-state index is 10.4. The van der Waals surface area contributed by atoms with Gasteiger partial charge in [0.25, 0.3) is 0 Å². The number of aromatic nitrogens is 2. The number of nitrogens with zero attached hydrogens (tertiary/aromatic N) is 2. The molecule has 0 aliphatic rings. The van der Waals surface area contributed by atoms with Gasteiger partial charge in [0, 0.05) is 23.4 Å². The zero-order valence-corrected chi connectivity index (χ0v) is 13.9. The van der Waals surface area contributed by atoms with Crippen molar-refractivity contribution in [2.75, 3.05) is 14.2 Å². The summed E-state index contributed by atoms with van der Waals surface area (Å²) >= 11 is 3.47. The molecule has 5 nitrogen and oxygen atoms in total. The smallest absolute Gasteiger partial charge is 0.161 e. The molecule has 0 aliphatic heterocycles. The topological polar surface area (TPSA) is 56.5 Å². The predicted octanol–water partition coefficient (Wildman–Crippen LogP) is 2.87. The van der Waals surface area contributed by atoms with Crippen LogP contribution >= 0.6 is 15.9 Å². The molecule has 1 unspecified atom stereocenters. The van der Waals surface area contributed by atoms with Crippen molar-refractivity contribution in [1.82, 2.24) is 9.78 Å². The van der Waals surface area contributed by atoms with Crippen LogP contribution in [-0.2, 0) is 13.5 Å². The monoisotopic (exact) mass is 354 g/mol. The van der Waals surface area contributed by atoms with Crippen molar-refractivity contribution in [2.45, 2.75) is 18.9 Å². The first-order chi connectivity index (χ1) is 10.1. The number of halogens is 1. The highest BCUT2D eigenvalue weighted by atomic mass is 79.9. The minimum absolute atomic E-state index is 0.589. The molecule has 1 aromatic carbocycles. The zero-order valence-electron chi connectivity index (χ0n) is 12.3. The summed E-state index contributed by atoms with van der Waals surface area (Å²) in [6, 6.07) is 5.56. The molecule has 2 aromatic rings. The van der Waals surface area contributed by atoms with Gasteiger partial charge in [0.05, 0.1) is 20.3 Å². The average Bonchev–Trinajstić information content (AvgIpc) is 2.89. The highest BCUT2D eigenvalue weighted by Crippen LogP contribution is 2.37. The van der Waals surface area contributed by atoms with Gasteiger partial charge < -0.3 is 14.6 Å². The maximum absolute atomic E-state index is 10.4. The minimum atomic E-state index is -0.589. The van der Waals surface area contributed by atoms with E-state index in [4.69, 9.17) is 9.47 Å². The van der Waals surface area contributed by atoms with Crippen LogP contribution in [-0.4, -0.2) is 29.1 Å². The summed E-state index contributed by atoms with van der Waals surface area (Å²) in [6.45, 7) is 0. The van der Waals surface area contributed by atoms with Crippen LogP contribution < -0.4 is 9.47 Å². The van der Waals surface area contributed by atoms with Crippen molar-refractivity contribution < 1.29 is 14.6 Å². The summed E-state index contributed by atoms with van der Waals surface area (Å²) in [5.74, 6) is 1.24. The molecule has 114 valence electrons. The molecule has 1 N–H and O–H groups in total. The third-order valence-electron chi connectivity index (χ3n) is 3.46. The lowest BCUT2D eigenvalue weighted by molar-refractivity contribution is 0.165. The van der Waals surface area contributed by atoms with Gasteiger partial charge in [-0.15, -0.1) is 0 Å². The molecule has 0 bridgehead atoms. The minimum Gasteiger partial charge on any atom is -0.493 e. The lowest BCUT2D eigenvalue weighted by Crippen LogP contribution is -2.05. The van der Waals surface area contributed by atoms with Crippen molar-refractivity contribution in [3.05, 3.63) is 40.1 Å². The fourth-order valence-electron chi connectivity index (χ4n) is 2.21. The van der Waals surface area contributed by atoms with Crippen molar-refractivity contribution in [2.24, 2.45) is 7.05 Å². The molecule has 0 saturated heterocycles. The quantitative estimate of drug-likeness (QED) is 0.866. The van der Waals surface area contributed by atoms with Crippen LogP contribution in [0.1, 0.15) is 23.8 Å². The molecule has 1 aromatic heterocycles. The molecular formula is C15H19BrN2O3. The first-order valence-electron chi connectivity index (χ1n) is 6.63. The lowest BCUT2D eigenvalue weighted by atomic mass is 10.0.